The average Bonchev–Trinajstić information content (AvgIpc) is 3.10. The molecular weight excluding hydrogens is 248 g/mol. The number of aromatic nitrogens is 2. The molecule has 0 aliphatic heterocycles. The van der Waals surface area contributed by atoms with Crippen LogP contribution >= 0.6 is 0 Å². The van der Waals surface area contributed by atoms with Gasteiger partial charge in [0.2, 0.25) is 0 Å². The Kier molecular flexibility index (Phi) is 3.29. The number of hydrogen-bond acceptors (Lipinski definition) is 2. The SMILES string of the molecule is Fc1ccc(F)c(-c2cnc(CCNC3CC3)[nH]2)c1. The van der Waals surface area contributed by atoms with Gasteiger partial charge in [-0.25, -0.2) is 13.8 Å². The molecule has 1 aromatic heterocycles. The molecule has 19 heavy (non-hydrogen) atoms. The standard InChI is InChI=1S/C14H15F2N3/c15-9-1-4-12(16)11(7-9)13-8-18-14(19-13)5-6-17-10-2-3-10/h1,4,7-8,10,17H,2-3,5-6H2,(H,18,19). The van der Waals surface area contributed by atoms with E-state index in [1.165, 1.54) is 18.9 Å². The number of nitrogens with one attached hydrogen (secondary N) is 2. The first-order chi connectivity index (χ1) is 9.22. The Morgan fingerprint density at radius 1 is 1.32 bits per heavy atom. The number of rotatable bonds is 5. The minimum absolute atomic E-state index is 0.217. The quantitative estimate of drug-likeness (QED) is 0.870. The fourth-order valence-electron chi connectivity index (χ4n) is 2.01. The summed E-state index contributed by atoms with van der Waals surface area (Å²) in [6.45, 7) is 0.850. The van der Waals surface area contributed by atoms with Gasteiger partial charge in [-0.2, -0.15) is 0 Å². The lowest BCUT2D eigenvalue weighted by molar-refractivity contribution is 0.602. The summed E-state index contributed by atoms with van der Waals surface area (Å²) in [5.74, 6) is -0.123. The zero-order valence-corrected chi connectivity index (χ0v) is 10.4. The molecule has 0 radical (unpaired) electrons. The largest absolute Gasteiger partial charge is 0.342 e. The van der Waals surface area contributed by atoms with Crippen LogP contribution in [0.3, 0.4) is 0 Å². The summed E-state index contributed by atoms with van der Waals surface area (Å²) < 4.78 is 26.7. The Hall–Kier alpha value is -1.75. The van der Waals surface area contributed by atoms with Gasteiger partial charge in [-0.05, 0) is 31.0 Å². The van der Waals surface area contributed by atoms with Gasteiger partial charge in [0.1, 0.15) is 17.5 Å². The van der Waals surface area contributed by atoms with Gasteiger partial charge in [-0.15, -0.1) is 0 Å². The van der Waals surface area contributed by atoms with E-state index in [1.807, 2.05) is 0 Å². The predicted octanol–water partition coefficient (Wildman–Crippen LogP) is 2.65. The molecule has 1 fully saturated rings. The third-order valence-corrected chi connectivity index (χ3v) is 3.22. The van der Waals surface area contributed by atoms with Crippen molar-refractivity contribution in [3.63, 3.8) is 0 Å². The van der Waals surface area contributed by atoms with Crippen LogP contribution in [-0.4, -0.2) is 22.6 Å². The number of nitrogens with zero attached hydrogens (tertiary/aromatic N) is 1. The summed E-state index contributed by atoms with van der Waals surface area (Å²) in [6.07, 6.45) is 4.80. The summed E-state index contributed by atoms with van der Waals surface area (Å²) in [5.41, 5.74) is 0.729. The van der Waals surface area contributed by atoms with Crippen LogP contribution in [0.4, 0.5) is 8.78 Å². The molecule has 3 nitrogen and oxygen atoms in total. The Morgan fingerprint density at radius 3 is 2.95 bits per heavy atom. The summed E-state index contributed by atoms with van der Waals surface area (Å²) in [4.78, 5) is 7.23. The lowest BCUT2D eigenvalue weighted by Gasteiger charge is -2.01. The summed E-state index contributed by atoms with van der Waals surface area (Å²) in [5, 5.41) is 3.38. The molecule has 3 rings (SSSR count). The maximum absolute atomic E-state index is 13.6. The molecule has 1 aliphatic rings. The number of H-pyrrole nitrogens is 1. The van der Waals surface area contributed by atoms with Crippen molar-refractivity contribution < 1.29 is 8.78 Å². The summed E-state index contributed by atoms with van der Waals surface area (Å²) in [7, 11) is 0. The Bertz CT molecular complexity index is 576. The lowest BCUT2D eigenvalue weighted by Crippen LogP contribution is -2.19. The van der Waals surface area contributed by atoms with Crippen LogP contribution in [0, 0.1) is 11.6 Å². The maximum atomic E-state index is 13.6. The number of hydrogen-bond donors (Lipinski definition) is 2. The monoisotopic (exact) mass is 263 g/mol. The summed E-state index contributed by atoms with van der Waals surface area (Å²) in [6, 6.07) is 4.07. The molecule has 100 valence electrons. The normalized spacial score (nSPS) is 14.8. The van der Waals surface area contributed by atoms with E-state index >= 15 is 0 Å². The zero-order valence-electron chi connectivity index (χ0n) is 10.4. The fourth-order valence-corrected chi connectivity index (χ4v) is 2.01. The Labute approximate surface area is 110 Å². The van der Waals surface area contributed by atoms with Crippen molar-refractivity contribution in [3.8, 4) is 11.3 Å². The zero-order chi connectivity index (χ0) is 13.2. The van der Waals surface area contributed by atoms with Gasteiger partial charge in [0.15, 0.2) is 0 Å². The molecule has 0 unspecified atom stereocenters. The van der Waals surface area contributed by atoms with E-state index in [4.69, 9.17) is 0 Å². The van der Waals surface area contributed by atoms with Crippen LogP contribution in [0.5, 0.6) is 0 Å². The number of benzene rings is 1. The maximum Gasteiger partial charge on any atom is 0.132 e. The molecule has 1 heterocycles. The van der Waals surface area contributed by atoms with Gasteiger partial charge in [0, 0.05) is 24.6 Å². The molecular formula is C14H15F2N3. The van der Waals surface area contributed by atoms with Gasteiger partial charge >= 0.3 is 0 Å². The number of aromatic amines is 1. The van der Waals surface area contributed by atoms with E-state index in [2.05, 4.69) is 15.3 Å². The van der Waals surface area contributed by atoms with Crippen LogP contribution in [0.25, 0.3) is 11.3 Å². The fraction of sp³-hybridized carbons (Fsp3) is 0.357. The molecule has 5 heteroatoms. The Morgan fingerprint density at radius 2 is 2.16 bits per heavy atom. The van der Waals surface area contributed by atoms with E-state index in [-0.39, 0.29) is 5.56 Å². The summed E-state index contributed by atoms with van der Waals surface area (Å²) >= 11 is 0. The van der Waals surface area contributed by atoms with E-state index in [0.717, 1.165) is 30.9 Å². The van der Waals surface area contributed by atoms with E-state index in [1.54, 1.807) is 6.20 Å². The van der Waals surface area contributed by atoms with Crippen molar-refractivity contribution in [2.45, 2.75) is 25.3 Å². The molecule has 1 aromatic carbocycles. The van der Waals surface area contributed by atoms with Gasteiger partial charge in [0.25, 0.3) is 0 Å². The highest BCUT2D eigenvalue weighted by Gasteiger charge is 2.19. The van der Waals surface area contributed by atoms with E-state index in [0.29, 0.717) is 11.7 Å². The smallest absolute Gasteiger partial charge is 0.132 e. The highest BCUT2D eigenvalue weighted by atomic mass is 19.1. The first kappa shape index (κ1) is 12.3. The predicted molar refractivity (Wildman–Crippen MR) is 68.7 cm³/mol. The third-order valence-electron chi connectivity index (χ3n) is 3.22. The average molecular weight is 263 g/mol. The second-order valence-corrected chi connectivity index (χ2v) is 4.85. The van der Waals surface area contributed by atoms with Crippen molar-refractivity contribution in [2.24, 2.45) is 0 Å². The van der Waals surface area contributed by atoms with E-state index < -0.39 is 11.6 Å². The lowest BCUT2D eigenvalue weighted by atomic mass is 10.1. The van der Waals surface area contributed by atoms with Crippen molar-refractivity contribution >= 4 is 0 Å². The van der Waals surface area contributed by atoms with Crippen molar-refractivity contribution in [2.75, 3.05) is 6.54 Å². The minimum Gasteiger partial charge on any atom is -0.342 e. The molecule has 0 bridgehead atoms. The molecule has 1 saturated carbocycles. The molecule has 1 aliphatic carbocycles. The number of halogens is 2. The van der Waals surface area contributed by atoms with Gasteiger partial charge in [0.05, 0.1) is 11.9 Å². The van der Waals surface area contributed by atoms with Crippen molar-refractivity contribution in [1.29, 1.82) is 0 Å². The molecule has 2 aromatic rings. The Balaban J connectivity index is 1.70. The highest BCUT2D eigenvalue weighted by Crippen LogP contribution is 2.22. The second kappa shape index (κ2) is 5.09. The topological polar surface area (TPSA) is 40.7 Å². The molecule has 0 spiro atoms. The highest BCUT2D eigenvalue weighted by molar-refractivity contribution is 5.59. The van der Waals surface area contributed by atoms with Gasteiger partial charge in [-0.1, -0.05) is 0 Å². The van der Waals surface area contributed by atoms with Crippen molar-refractivity contribution in [1.82, 2.24) is 15.3 Å². The van der Waals surface area contributed by atoms with Gasteiger partial charge in [-0.3, -0.25) is 0 Å². The third kappa shape index (κ3) is 2.98. The number of imidazole rings is 1. The van der Waals surface area contributed by atoms with E-state index in [9.17, 15) is 8.78 Å². The van der Waals surface area contributed by atoms with Crippen molar-refractivity contribution in [3.05, 3.63) is 41.9 Å². The van der Waals surface area contributed by atoms with Crippen LogP contribution < -0.4 is 5.32 Å². The first-order valence-electron chi connectivity index (χ1n) is 6.45. The molecule has 0 amide bonds. The second-order valence-electron chi connectivity index (χ2n) is 4.85. The molecule has 0 saturated heterocycles. The first-order valence-corrected chi connectivity index (χ1v) is 6.45. The van der Waals surface area contributed by atoms with Crippen LogP contribution in [-0.2, 0) is 6.42 Å². The van der Waals surface area contributed by atoms with Gasteiger partial charge < -0.3 is 10.3 Å². The van der Waals surface area contributed by atoms with Crippen LogP contribution in [0.1, 0.15) is 18.7 Å². The molecule has 2 N–H and O–H groups in total. The van der Waals surface area contributed by atoms with Crippen LogP contribution in [0.2, 0.25) is 0 Å². The minimum atomic E-state index is -0.456. The van der Waals surface area contributed by atoms with Crippen LogP contribution in [0.15, 0.2) is 24.4 Å². The molecule has 0 atom stereocenters.